The molecule has 2 aromatic heterocycles. The van der Waals surface area contributed by atoms with Gasteiger partial charge in [0.15, 0.2) is 0 Å². The van der Waals surface area contributed by atoms with E-state index in [4.69, 9.17) is 0 Å². The summed E-state index contributed by atoms with van der Waals surface area (Å²) in [6.07, 6.45) is 12.2. The molecule has 0 radical (unpaired) electrons. The summed E-state index contributed by atoms with van der Waals surface area (Å²) in [4.78, 5) is 18.1. The van der Waals surface area contributed by atoms with Crippen molar-refractivity contribution in [1.82, 2.24) is 9.38 Å². The van der Waals surface area contributed by atoms with Crippen molar-refractivity contribution < 1.29 is 4.79 Å². The first-order chi connectivity index (χ1) is 12.5. The summed E-state index contributed by atoms with van der Waals surface area (Å²) >= 11 is -0.509. The Balaban J connectivity index is 2.46. The second kappa shape index (κ2) is 10.3. The summed E-state index contributed by atoms with van der Waals surface area (Å²) in [5.74, 6) is 0.185. The van der Waals surface area contributed by atoms with Gasteiger partial charge in [0.25, 0.3) is 0 Å². The monoisotopic (exact) mass is 484 g/mol. The topological polar surface area (TPSA) is 34.4 Å². The molecule has 5 heteroatoms. The number of ketones is 1. The average Bonchev–Trinajstić information content (AvgIpc) is 3.21. The molecular formula is C21H36N2OSSn. The number of carbonyl (C=O) groups is 1. The molecule has 2 aromatic rings. The molecule has 0 N–H and O–H groups in total. The van der Waals surface area contributed by atoms with Crippen LogP contribution >= 0.6 is 11.3 Å². The maximum atomic E-state index is 12.5. The van der Waals surface area contributed by atoms with Gasteiger partial charge in [-0.3, -0.25) is 0 Å². The van der Waals surface area contributed by atoms with E-state index >= 15 is 0 Å². The van der Waals surface area contributed by atoms with E-state index < -0.39 is 18.4 Å². The summed E-state index contributed by atoms with van der Waals surface area (Å²) in [7, 11) is 0. The molecule has 0 saturated carbocycles. The number of Topliss-reactive ketones (excluding diaryl/α,β-unsaturated/α-hetero) is 1. The van der Waals surface area contributed by atoms with Crippen molar-refractivity contribution in [3.8, 4) is 0 Å². The Kier molecular flexibility index (Phi) is 8.65. The van der Waals surface area contributed by atoms with Gasteiger partial charge in [0, 0.05) is 0 Å². The molecular weight excluding hydrogens is 447 g/mol. The zero-order valence-electron chi connectivity index (χ0n) is 17.3. The fraction of sp³-hybridized carbons (Fsp3) is 0.714. The summed E-state index contributed by atoms with van der Waals surface area (Å²) in [5.41, 5.74) is 0.693. The van der Waals surface area contributed by atoms with Crippen molar-refractivity contribution in [3.63, 3.8) is 0 Å². The molecule has 0 aromatic carbocycles. The first kappa shape index (κ1) is 21.9. The number of aromatic nitrogens is 2. The third-order valence-electron chi connectivity index (χ3n) is 5.52. The standard InChI is InChI=1S/C9H9N2OS.3C4H9.Sn/c1-6(2)8(12)7-9-11(5-10-7)3-4-13-9;3*1-3-4-2;/h3,5-6H,1-2H3;3*1,3-4H2,2H3;. The zero-order valence-corrected chi connectivity index (χ0v) is 21.0. The number of hydrogen-bond donors (Lipinski definition) is 0. The number of fused-ring (bicyclic) bond motifs is 1. The van der Waals surface area contributed by atoms with E-state index in [1.54, 1.807) is 2.89 Å². The zero-order chi connectivity index (χ0) is 19.2. The van der Waals surface area contributed by atoms with Gasteiger partial charge in [-0.2, -0.15) is 0 Å². The number of rotatable bonds is 12. The molecule has 2 rings (SSSR count). The predicted octanol–water partition coefficient (Wildman–Crippen LogP) is 6.29. The summed E-state index contributed by atoms with van der Waals surface area (Å²) in [5, 5.41) is 0. The SMILES string of the molecule is CCC[CH2][Sn]([CH2]CCC)([CH2]CCC)[c]1cn2cnc(C(=O)C(C)C)c2s1. The van der Waals surface area contributed by atoms with Crippen molar-refractivity contribution in [3.05, 3.63) is 18.2 Å². The van der Waals surface area contributed by atoms with Crippen LogP contribution in [0.15, 0.2) is 12.5 Å². The van der Waals surface area contributed by atoms with Crippen LogP contribution in [0.4, 0.5) is 0 Å². The first-order valence-corrected chi connectivity index (χ1v) is 18.8. The van der Waals surface area contributed by atoms with Gasteiger partial charge in [-0.15, -0.1) is 0 Å². The minimum absolute atomic E-state index is 0.00722. The van der Waals surface area contributed by atoms with Gasteiger partial charge in [0.1, 0.15) is 0 Å². The predicted molar refractivity (Wildman–Crippen MR) is 117 cm³/mol. The van der Waals surface area contributed by atoms with Crippen LogP contribution in [-0.4, -0.2) is 33.5 Å². The number of nitrogens with zero attached hydrogens (tertiary/aromatic N) is 2. The molecule has 26 heavy (non-hydrogen) atoms. The first-order valence-electron chi connectivity index (χ1n) is 10.5. The van der Waals surface area contributed by atoms with Crippen LogP contribution in [0.1, 0.15) is 83.6 Å². The molecule has 0 aliphatic carbocycles. The van der Waals surface area contributed by atoms with E-state index in [1.165, 1.54) is 51.8 Å². The van der Waals surface area contributed by atoms with Crippen LogP contribution in [-0.2, 0) is 0 Å². The Labute approximate surface area is 167 Å². The van der Waals surface area contributed by atoms with Gasteiger partial charge in [0.05, 0.1) is 0 Å². The van der Waals surface area contributed by atoms with E-state index in [-0.39, 0.29) is 11.7 Å². The van der Waals surface area contributed by atoms with Crippen molar-refractivity contribution in [1.29, 1.82) is 0 Å². The van der Waals surface area contributed by atoms with Gasteiger partial charge in [-0.1, -0.05) is 0 Å². The van der Waals surface area contributed by atoms with Crippen molar-refractivity contribution in [2.75, 3.05) is 0 Å². The summed E-state index contributed by atoms with van der Waals surface area (Å²) in [6.45, 7) is 10.9. The second-order valence-corrected chi connectivity index (χ2v) is 23.2. The summed E-state index contributed by atoms with van der Waals surface area (Å²) < 4.78 is 8.22. The maximum absolute atomic E-state index is 12.5. The molecule has 0 fully saturated rings. The van der Waals surface area contributed by atoms with Gasteiger partial charge < -0.3 is 0 Å². The molecule has 0 spiro atoms. The van der Waals surface area contributed by atoms with Gasteiger partial charge in [0.2, 0.25) is 0 Å². The van der Waals surface area contributed by atoms with Crippen molar-refractivity contribution in [2.45, 2.75) is 86.5 Å². The fourth-order valence-corrected chi connectivity index (χ4v) is 23.8. The third kappa shape index (κ3) is 4.92. The normalized spacial score (nSPS) is 12.4. The Morgan fingerprint density at radius 1 is 1.08 bits per heavy atom. The number of thiazole rings is 1. The minimum atomic E-state index is -2.42. The number of unbranched alkanes of at least 4 members (excludes halogenated alkanes) is 3. The quantitative estimate of drug-likeness (QED) is 0.263. The third-order valence-corrected chi connectivity index (χ3v) is 24.8. The Morgan fingerprint density at radius 3 is 2.08 bits per heavy atom. The Hall–Kier alpha value is -0.361. The molecule has 0 atom stereocenters. The molecule has 2 heterocycles. The Morgan fingerprint density at radius 2 is 1.62 bits per heavy atom. The second-order valence-electron chi connectivity index (χ2n) is 8.01. The van der Waals surface area contributed by atoms with Gasteiger partial charge in [-0.05, 0) is 0 Å². The molecule has 0 aliphatic heterocycles. The van der Waals surface area contributed by atoms with Crippen LogP contribution in [0.3, 0.4) is 0 Å². The molecule has 0 aliphatic rings. The summed E-state index contributed by atoms with van der Waals surface area (Å²) in [6, 6.07) is 0. The molecule has 0 unspecified atom stereocenters. The van der Waals surface area contributed by atoms with E-state index in [2.05, 4.69) is 36.4 Å². The molecule has 146 valence electrons. The van der Waals surface area contributed by atoms with Gasteiger partial charge in [-0.25, -0.2) is 0 Å². The van der Waals surface area contributed by atoms with Gasteiger partial charge >= 0.3 is 168 Å². The van der Waals surface area contributed by atoms with Crippen LogP contribution < -0.4 is 2.89 Å². The van der Waals surface area contributed by atoms with Crippen molar-refractivity contribution in [2.24, 2.45) is 5.92 Å². The van der Waals surface area contributed by atoms with Crippen molar-refractivity contribution >= 4 is 43.2 Å². The Bertz CT molecular complexity index is 682. The molecule has 0 bridgehead atoms. The van der Waals surface area contributed by atoms with E-state index in [0.29, 0.717) is 5.69 Å². The van der Waals surface area contributed by atoms with Crippen LogP contribution in [0.25, 0.3) is 4.83 Å². The van der Waals surface area contributed by atoms with Crippen LogP contribution in [0, 0.1) is 5.92 Å². The van der Waals surface area contributed by atoms with E-state index in [1.807, 2.05) is 31.5 Å². The fourth-order valence-electron chi connectivity index (χ4n) is 3.78. The average molecular weight is 483 g/mol. The number of carbonyl (C=O) groups excluding carboxylic acids is 1. The number of hydrogen-bond acceptors (Lipinski definition) is 3. The van der Waals surface area contributed by atoms with E-state index in [0.717, 1.165) is 4.83 Å². The number of imidazole rings is 1. The van der Waals surface area contributed by atoms with Crippen LogP contribution in [0.5, 0.6) is 0 Å². The molecule has 0 saturated heterocycles. The van der Waals surface area contributed by atoms with Crippen LogP contribution in [0.2, 0.25) is 13.3 Å². The van der Waals surface area contributed by atoms with E-state index in [9.17, 15) is 4.79 Å². The molecule has 0 amide bonds. The molecule has 3 nitrogen and oxygen atoms in total.